The third-order valence-corrected chi connectivity index (χ3v) is 9.02. The van der Waals surface area contributed by atoms with Gasteiger partial charge in [-0.1, -0.05) is 50.4 Å². The van der Waals surface area contributed by atoms with Gasteiger partial charge < -0.3 is 14.6 Å². The molecule has 10 nitrogen and oxygen atoms in total. The molecule has 4 aromatic heterocycles. The number of aromatic amines is 1. The molecule has 40 heavy (non-hydrogen) atoms. The van der Waals surface area contributed by atoms with E-state index in [-0.39, 0.29) is 17.9 Å². The summed E-state index contributed by atoms with van der Waals surface area (Å²) < 4.78 is 7.12. The molecule has 0 amide bonds. The number of rotatable bonds is 6. The number of halogens is 1. The summed E-state index contributed by atoms with van der Waals surface area (Å²) >= 11 is 6.40. The van der Waals surface area contributed by atoms with Crippen LogP contribution in [0.5, 0.6) is 0 Å². The fourth-order valence-corrected chi connectivity index (χ4v) is 6.76. The van der Waals surface area contributed by atoms with Crippen molar-refractivity contribution in [2.24, 2.45) is 17.8 Å². The highest BCUT2D eigenvalue weighted by Crippen LogP contribution is 2.43. The van der Waals surface area contributed by atoms with E-state index >= 15 is 0 Å². The summed E-state index contributed by atoms with van der Waals surface area (Å²) in [4.78, 5) is 31.2. The zero-order chi connectivity index (χ0) is 28.1. The average Bonchev–Trinajstić information content (AvgIpc) is 3.64. The van der Waals surface area contributed by atoms with Gasteiger partial charge in [-0.2, -0.15) is 0 Å². The lowest BCUT2D eigenvalue weighted by atomic mass is 9.79. The number of H-pyrrole nitrogens is 1. The predicted octanol–water partition coefficient (Wildman–Crippen LogP) is 5.47. The van der Waals surface area contributed by atoms with Gasteiger partial charge in [0, 0.05) is 36.6 Å². The molecule has 1 saturated heterocycles. The topological polar surface area (TPSA) is 126 Å². The van der Waals surface area contributed by atoms with Crippen LogP contribution in [-0.4, -0.2) is 53.5 Å². The van der Waals surface area contributed by atoms with Crippen LogP contribution in [0.3, 0.4) is 0 Å². The molecule has 2 fully saturated rings. The number of hydrogen-bond acceptors (Lipinski definition) is 8. The number of nitrogens with one attached hydrogen (secondary N) is 1. The van der Waals surface area contributed by atoms with Crippen LogP contribution < -0.4 is 10.7 Å². The van der Waals surface area contributed by atoms with Crippen molar-refractivity contribution in [3.63, 3.8) is 0 Å². The molecular formula is C29H36ClN7O3. The molecule has 11 heteroatoms. The molecule has 1 saturated carbocycles. The third kappa shape index (κ3) is 4.92. The Morgan fingerprint density at radius 2 is 1.90 bits per heavy atom. The molecular weight excluding hydrogens is 530 g/mol. The van der Waals surface area contributed by atoms with Crippen molar-refractivity contribution in [1.29, 1.82) is 0 Å². The van der Waals surface area contributed by atoms with Crippen LogP contribution in [0.1, 0.15) is 65.8 Å². The van der Waals surface area contributed by atoms with E-state index in [1.54, 1.807) is 12.4 Å². The molecule has 2 N–H and O–H groups in total. The lowest BCUT2D eigenvalue weighted by Gasteiger charge is -2.35. The van der Waals surface area contributed by atoms with E-state index in [4.69, 9.17) is 26.1 Å². The summed E-state index contributed by atoms with van der Waals surface area (Å²) in [6.45, 7) is 9.52. The largest absolute Gasteiger partial charge is 0.439 e. The minimum Gasteiger partial charge on any atom is -0.391 e. The number of pyridine rings is 2. The highest BCUT2D eigenvalue weighted by atomic mass is 35.5. The molecule has 1 aliphatic carbocycles. The van der Waals surface area contributed by atoms with E-state index in [1.165, 1.54) is 12.8 Å². The summed E-state index contributed by atoms with van der Waals surface area (Å²) in [7, 11) is 0. The minimum atomic E-state index is -0.653. The van der Waals surface area contributed by atoms with E-state index in [2.05, 4.69) is 52.3 Å². The molecule has 1 aliphatic heterocycles. The van der Waals surface area contributed by atoms with E-state index in [9.17, 15) is 9.90 Å². The molecule has 6 rings (SSSR count). The first kappa shape index (κ1) is 27.0. The summed E-state index contributed by atoms with van der Waals surface area (Å²) in [5.74, 6) is 1.96. The fraction of sp³-hybridized carbons (Fsp3) is 0.552. The first-order valence-electron chi connectivity index (χ1n) is 14.2. The maximum atomic E-state index is 11.8. The average molecular weight is 566 g/mol. The Morgan fingerprint density at radius 1 is 1.12 bits per heavy atom. The Bertz CT molecular complexity index is 1570. The van der Waals surface area contributed by atoms with Gasteiger partial charge in [0.2, 0.25) is 11.8 Å². The number of hydrogen-bond donors (Lipinski definition) is 2. The number of aliphatic hydroxyl groups excluding tert-OH is 1. The molecule has 0 aromatic carbocycles. The summed E-state index contributed by atoms with van der Waals surface area (Å²) in [5, 5.41) is 15.1. The van der Waals surface area contributed by atoms with Gasteiger partial charge in [0.15, 0.2) is 0 Å². The Kier molecular flexibility index (Phi) is 7.16. The zero-order valence-electron chi connectivity index (χ0n) is 23.3. The number of nitrogens with zero attached hydrogens (tertiary/aromatic N) is 6. The van der Waals surface area contributed by atoms with Crippen molar-refractivity contribution in [2.45, 2.75) is 78.0 Å². The molecule has 0 spiro atoms. The van der Waals surface area contributed by atoms with Gasteiger partial charge in [-0.05, 0) is 56.1 Å². The smallest absolute Gasteiger partial charge is 0.391 e. The Morgan fingerprint density at radius 3 is 2.58 bits per heavy atom. The first-order chi connectivity index (χ1) is 19.2. The van der Waals surface area contributed by atoms with Gasteiger partial charge in [0.1, 0.15) is 5.69 Å². The highest BCUT2D eigenvalue weighted by molar-refractivity contribution is 6.30. The van der Waals surface area contributed by atoms with Crippen LogP contribution >= 0.6 is 11.6 Å². The van der Waals surface area contributed by atoms with Gasteiger partial charge in [-0.3, -0.25) is 14.5 Å². The molecule has 0 bridgehead atoms. The first-order valence-corrected chi connectivity index (χ1v) is 14.6. The summed E-state index contributed by atoms with van der Waals surface area (Å²) in [6, 6.07) is 3.98. The van der Waals surface area contributed by atoms with E-state index < -0.39 is 11.9 Å². The number of anilines is 1. The molecule has 2 unspecified atom stereocenters. The second kappa shape index (κ2) is 10.6. The van der Waals surface area contributed by atoms with Crippen LogP contribution in [0.15, 0.2) is 33.8 Å². The van der Waals surface area contributed by atoms with Crippen molar-refractivity contribution in [3.8, 4) is 22.8 Å². The van der Waals surface area contributed by atoms with Crippen molar-refractivity contribution >= 4 is 28.6 Å². The van der Waals surface area contributed by atoms with Crippen LogP contribution in [-0.2, 0) is 0 Å². The second-order valence-electron chi connectivity index (χ2n) is 12.0. The van der Waals surface area contributed by atoms with Gasteiger partial charge in [0.05, 0.1) is 27.9 Å². The van der Waals surface area contributed by atoms with Crippen LogP contribution in [0.25, 0.3) is 33.8 Å². The fourth-order valence-electron chi connectivity index (χ4n) is 6.59. The third-order valence-electron chi connectivity index (χ3n) is 8.81. The standard InChI is InChI=1S/C29H36ClN7O3/c1-15(2)24-10-21(38)14-36(24)28-33-22-11-23(27-34-29(39)40-35-27)32-25(19-9-20(30)13-31-12-19)26(22)37(28)17(4)18-7-5-16(3)6-8-18/h9,11-13,15-18,21,24,38H,5-8,10,14H2,1-4H3,(H,34,35,39)/t16-,17?,18-,21-,24?/m1/s1. The molecule has 2 aliphatic rings. The van der Waals surface area contributed by atoms with Crippen molar-refractivity contribution < 1.29 is 9.63 Å². The van der Waals surface area contributed by atoms with Gasteiger partial charge in [-0.25, -0.2) is 14.8 Å². The number of imidazole rings is 1. The van der Waals surface area contributed by atoms with Crippen LogP contribution in [0.2, 0.25) is 5.02 Å². The van der Waals surface area contributed by atoms with Crippen molar-refractivity contribution in [2.75, 3.05) is 11.4 Å². The normalized spacial score (nSPS) is 24.3. The minimum absolute atomic E-state index is 0.142. The van der Waals surface area contributed by atoms with Gasteiger partial charge in [-0.15, -0.1) is 0 Å². The van der Waals surface area contributed by atoms with Crippen molar-refractivity contribution in [1.82, 2.24) is 29.7 Å². The summed E-state index contributed by atoms with van der Waals surface area (Å²) in [5.41, 5.74) is 3.43. The van der Waals surface area contributed by atoms with Gasteiger partial charge in [0.25, 0.3) is 0 Å². The number of fused-ring (bicyclic) bond motifs is 1. The predicted molar refractivity (Wildman–Crippen MR) is 154 cm³/mol. The Balaban J connectivity index is 1.62. The molecule has 3 atom stereocenters. The molecule has 5 heterocycles. The Labute approximate surface area is 237 Å². The van der Waals surface area contributed by atoms with Crippen LogP contribution in [0.4, 0.5) is 5.95 Å². The van der Waals surface area contributed by atoms with E-state index in [1.807, 2.05) is 12.1 Å². The van der Waals surface area contributed by atoms with E-state index in [0.29, 0.717) is 41.2 Å². The van der Waals surface area contributed by atoms with E-state index in [0.717, 1.165) is 41.3 Å². The molecule has 4 aromatic rings. The van der Waals surface area contributed by atoms with Crippen molar-refractivity contribution in [3.05, 3.63) is 40.1 Å². The molecule has 0 radical (unpaired) electrons. The number of β-amino-alcohol motifs (C(OH)–C–C–N with tert-alkyl or cyclic N) is 1. The quantitative estimate of drug-likeness (QED) is 0.315. The number of aromatic nitrogens is 6. The second-order valence-corrected chi connectivity index (χ2v) is 12.4. The highest BCUT2D eigenvalue weighted by Gasteiger charge is 2.38. The van der Waals surface area contributed by atoms with Gasteiger partial charge >= 0.3 is 5.76 Å². The maximum Gasteiger partial charge on any atom is 0.439 e. The van der Waals surface area contributed by atoms with Crippen LogP contribution in [0, 0.1) is 17.8 Å². The number of aliphatic hydroxyl groups is 1. The summed E-state index contributed by atoms with van der Waals surface area (Å²) in [6.07, 6.45) is 8.33. The maximum absolute atomic E-state index is 11.8. The Hall–Kier alpha value is -3.24. The lowest BCUT2D eigenvalue weighted by molar-refractivity contribution is 0.191. The lowest BCUT2D eigenvalue weighted by Crippen LogP contribution is -2.36. The monoisotopic (exact) mass is 565 g/mol. The zero-order valence-corrected chi connectivity index (χ0v) is 24.1. The SMILES string of the molecule is CC(C)C1C[C@@H](O)CN1c1nc2cc(-c3noc(=O)[nH]3)nc(-c3cncc(Cl)c3)c2n1C(C)[C@H]1CC[C@H](C)CC1. The molecule has 212 valence electrons.